The molecule has 118 valence electrons. The first-order valence-electron chi connectivity index (χ1n) is 9.14. The first-order chi connectivity index (χ1) is 10.3. The van der Waals surface area contributed by atoms with Gasteiger partial charge in [0.2, 0.25) is 0 Å². The minimum atomic E-state index is 0.617. The van der Waals surface area contributed by atoms with E-state index in [2.05, 4.69) is 36.2 Å². The van der Waals surface area contributed by atoms with E-state index < -0.39 is 0 Å². The van der Waals surface area contributed by atoms with E-state index in [9.17, 15) is 0 Å². The lowest BCUT2D eigenvalue weighted by molar-refractivity contribution is 0.312. The second-order valence-corrected chi connectivity index (χ2v) is 6.74. The predicted octanol–water partition coefficient (Wildman–Crippen LogP) is 5.67. The van der Waals surface area contributed by atoms with Crippen molar-refractivity contribution in [3.05, 3.63) is 23.8 Å². The highest BCUT2D eigenvalue weighted by Crippen LogP contribution is 2.35. The molecule has 1 aromatic heterocycles. The highest BCUT2D eigenvalue weighted by Gasteiger charge is 2.22. The minimum absolute atomic E-state index is 0.617. The normalized spacial score (nSPS) is 22.4. The third-order valence-corrected chi connectivity index (χ3v) is 5.08. The van der Waals surface area contributed by atoms with Gasteiger partial charge in [-0.25, -0.2) is 9.97 Å². The highest BCUT2D eigenvalue weighted by atomic mass is 14.9. The van der Waals surface area contributed by atoms with E-state index in [0.29, 0.717) is 5.92 Å². The van der Waals surface area contributed by atoms with E-state index in [1.807, 2.05) is 0 Å². The first kappa shape index (κ1) is 16.5. The molecule has 0 spiro atoms. The monoisotopic (exact) mass is 288 g/mol. The summed E-state index contributed by atoms with van der Waals surface area (Å²) in [5.74, 6) is 2.66. The molecule has 2 nitrogen and oxygen atoms in total. The van der Waals surface area contributed by atoms with Crippen LogP contribution in [0.15, 0.2) is 12.4 Å². The largest absolute Gasteiger partial charge is 0.241 e. The molecule has 21 heavy (non-hydrogen) atoms. The summed E-state index contributed by atoms with van der Waals surface area (Å²) in [4.78, 5) is 9.31. The molecule has 0 N–H and O–H groups in total. The fourth-order valence-corrected chi connectivity index (χ4v) is 3.47. The molecule has 1 heterocycles. The topological polar surface area (TPSA) is 25.8 Å². The maximum atomic E-state index is 4.66. The van der Waals surface area contributed by atoms with Gasteiger partial charge >= 0.3 is 0 Å². The Labute approximate surface area is 130 Å². The Hall–Kier alpha value is -0.920. The van der Waals surface area contributed by atoms with Gasteiger partial charge in [0.05, 0.1) is 0 Å². The van der Waals surface area contributed by atoms with Crippen LogP contribution >= 0.6 is 0 Å². The number of aryl methyl sites for hydroxylation is 1. The van der Waals surface area contributed by atoms with E-state index in [1.165, 1.54) is 69.8 Å². The number of nitrogens with zero attached hydrogens (tertiary/aromatic N) is 2. The number of hydrogen-bond donors (Lipinski definition) is 0. The minimum Gasteiger partial charge on any atom is -0.241 e. The fourth-order valence-electron chi connectivity index (χ4n) is 3.47. The molecular formula is C19H32N2. The van der Waals surface area contributed by atoms with Gasteiger partial charge in [0.1, 0.15) is 5.82 Å². The average Bonchev–Trinajstić information content (AvgIpc) is 2.55. The van der Waals surface area contributed by atoms with Gasteiger partial charge < -0.3 is 0 Å². The van der Waals surface area contributed by atoms with Crippen LogP contribution < -0.4 is 0 Å². The number of hydrogen-bond acceptors (Lipinski definition) is 2. The van der Waals surface area contributed by atoms with Crippen molar-refractivity contribution >= 4 is 0 Å². The van der Waals surface area contributed by atoms with Gasteiger partial charge in [0.15, 0.2) is 0 Å². The molecule has 1 aromatic rings. The molecule has 0 saturated heterocycles. The third kappa shape index (κ3) is 5.41. The Morgan fingerprint density at radius 3 is 2.19 bits per heavy atom. The SMILES string of the molecule is CCCCCCCc1cnc(C2CCC(CC)CC2)nc1. The zero-order valence-corrected chi connectivity index (χ0v) is 14.0. The average molecular weight is 288 g/mol. The van der Waals surface area contributed by atoms with Crippen molar-refractivity contribution in [2.45, 2.75) is 90.4 Å². The van der Waals surface area contributed by atoms with Crippen molar-refractivity contribution < 1.29 is 0 Å². The van der Waals surface area contributed by atoms with E-state index >= 15 is 0 Å². The van der Waals surface area contributed by atoms with Gasteiger partial charge in [0.25, 0.3) is 0 Å². The van der Waals surface area contributed by atoms with Crippen LogP contribution in [0.3, 0.4) is 0 Å². The maximum absolute atomic E-state index is 4.66. The van der Waals surface area contributed by atoms with E-state index in [4.69, 9.17) is 0 Å². The highest BCUT2D eigenvalue weighted by molar-refractivity contribution is 5.08. The summed E-state index contributed by atoms with van der Waals surface area (Å²) in [7, 11) is 0. The van der Waals surface area contributed by atoms with Crippen LogP contribution in [-0.2, 0) is 6.42 Å². The molecule has 0 aliphatic heterocycles. The van der Waals surface area contributed by atoms with Crippen LogP contribution in [-0.4, -0.2) is 9.97 Å². The summed E-state index contributed by atoms with van der Waals surface area (Å²) in [5, 5.41) is 0. The van der Waals surface area contributed by atoms with Crippen molar-refractivity contribution in [1.82, 2.24) is 9.97 Å². The first-order valence-corrected chi connectivity index (χ1v) is 9.14. The molecule has 0 amide bonds. The van der Waals surface area contributed by atoms with Gasteiger partial charge in [-0.1, -0.05) is 46.0 Å². The maximum Gasteiger partial charge on any atom is 0.131 e. The Kier molecular flexibility index (Phi) is 7.18. The van der Waals surface area contributed by atoms with E-state index in [0.717, 1.165) is 18.2 Å². The lowest BCUT2D eigenvalue weighted by Crippen LogP contribution is -2.14. The molecule has 0 atom stereocenters. The van der Waals surface area contributed by atoms with Crippen LogP contribution in [0, 0.1) is 5.92 Å². The van der Waals surface area contributed by atoms with Crippen LogP contribution in [0.25, 0.3) is 0 Å². The summed E-state index contributed by atoms with van der Waals surface area (Å²) in [6, 6.07) is 0. The quantitative estimate of drug-likeness (QED) is 0.576. The second-order valence-electron chi connectivity index (χ2n) is 6.74. The van der Waals surface area contributed by atoms with Gasteiger partial charge in [-0.3, -0.25) is 0 Å². The van der Waals surface area contributed by atoms with Crippen molar-refractivity contribution in [1.29, 1.82) is 0 Å². The molecule has 2 heteroatoms. The smallest absolute Gasteiger partial charge is 0.131 e. The lowest BCUT2D eigenvalue weighted by atomic mass is 9.80. The summed E-state index contributed by atoms with van der Waals surface area (Å²) in [6.07, 6.45) is 18.6. The molecule has 1 aliphatic rings. The summed E-state index contributed by atoms with van der Waals surface area (Å²) < 4.78 is 0. The predicted molar refractivity (Wildman–Crippen MR) is 89.5 cm³/mol. The standard InChI is InChI=1S/C19H32N2/c1-3-5-6-7-8-9-17-14-20-19(21-15-17)18-12-10-16(4-2)11-13-18/h14-16,18H,3-13H2,1-2H3. The zero-order valence-electron chi connectivity index (χ0n) is 14.0. The third-order valence-electron chi connectivity index (χ3n) is 5.08. The van der Waals surface area contributed by atoms with Crippen molar-refractivity contribution in [2.24, 2.45) is 5.92 Å². The molecule has 0 aromatic carbocycles. The Bertz CT molecular complexity index is 377. The fraction of sp³-hybridized carbons (Fsp3) is 0.789. The molecule has 0 bridgehead atoms. The van der Waals surface area contributed by atoms with Crippen LogP contribution in [0.4, 0.5) is 0 Å². The van der Waals surface area contributed by atoms with Crippen LogP contribution in [0.1, 0.15) is 95.4 Å². The summed E-state index contributed by atoms with van der Waals surface area (Å²) in [5.41, 5.74) is 1.32. The molecular weight excluding hydrogens is 256 g/mol. The molecule has 0 unspecified atom stereocenters. The van der Waals surface area contributed by atoms with Gasteiger partial charge in [-0.05, 0) is 50.0 Å². The Morgan fingerprint density at radius 1 is 0.905 bits per heavy atom. The van der Waals surface area contributed by atoms with E-state index in [-0.39, 0.29) is 0 Å². The van der Waals surface area contributed by atoms with Crippen LogP contribution in [0.5, 0.6) is 0 Å². The molecule has 2 rings (SSSR count). The summed E-state index contributed by atoms with van der Waals surface area (Å²) >= 11 is 0. The van der Waals surface area contributed by atoms with Crippen LogP contribution in [0.2, 0.25) is 0 Å². The number of unbranched alkanes of at least 4 members (excludes halogenated alkanes) is 4. The van der Waals surface area contributed by atoms with Crippen molar-refractivity contribution in [3.63, 3.8) is 0 Å². The zero-order chi connectivity index (χ0) is 14.9. The van der Waals surface area contributed by atoms with Gasteiger partial charge in [-0.15, -0.1) is 0 Å². The molecule has 0 radical (unpaired) electrons. The molecule has 1 saturated carbocycles. The second kappa shape index (κ2) is 9.17. The van der Waals surface area contributed by atoms with Crippen molar-refractivity contribution in [2.75, 3.05) is 0 Å². The van der Waals surface area contributed by atoms with Gasteiger partial charge in [0, 0.05) is 18.3 Å². The number of rotatable bonds is 8. The summed E-state index contributed by atoms with van der Waals surface area (Å²) in [6.45, 7) is 4.58. The van der Waals surface area contributed by atoms with Gasteiger partial charge in [-0.2, -0.15) is 0 Å². The molecule has 1 fully saturated rings. The Balaban J connectivity index is 1.74. The lowest BCUT2D eigenvalue weighted by Gasteiger charge is -2.26. The van der Waals surface area contributed by atoms with E-state index in [1.54, 1.807) is 0 Å². The molecule has 1 aliphatic carbocycles. The van der Waals surface area contributed by atoms with Crippen molar-refractivity contribution in [3.8, 4) is 0 Å². The Morgan fingerprint density at radius 2 is 1.57 bits per heavy atom. The number of aromatic nitrogens is 2.